The molecule has 0 saturated heterocycles. The summed E-state index contributed by atoms with van der Waals surface area (Å²) in [6.45, 7) is 0.313. The van der Waals surface area contributed by atoms with Gasteiger partial charge in [-0.25, -0.2) is 0 Å². The van der Waals surface area contributed by atoms with Crippen LogP contribution in [0.1, 0.15) is 11.1 Å². The highest BCUT2D eigenvalue weighted by molar-refractivity contribution is 6.36. The molecule has 6 heteroatoms. The number of hydrogen-bond donors (Lipinski definition) is 1. The molecule has 0 saturated carbocycles. The molecular weight excluding hydrogens is 274 g/mol. The van der Waals surface area contributed by atoms with Crippen molar-refractivity contribution in [3.8, 4) is 0 Å². The van der Waals surface area contributed by atoms with Gasteiger partial charge in [0.05, 0.1) is 5.56 Å². The Morgan fingerprint density at radius 3 is 2.53 bits per heavy atom. The van der Waals surface area contributed by atoms with E-state index in [9.17, 15) is 13.2 Å². The molecule has 1 rings (SSSR count). The van der Waals surface area contributed by atoms with E-state index < -0.39 is 11.7 Å². The number of nitrogens with one attached hydrogen (secondary N) is 1. The Balaban J connectivity index is 2.71. The molecule has 0 aromatic heterocycles. The normalized spacial score (nSPS) is 12.9. The first-order valence-corrected chi connectivity index (χ1v) is 5.57. The molecule has 17 heavy (non-hydrogen) atoms. The van der Waals surface area contributed by atoms with Crippen LogP contribution in [0.4, 0.5) is 13.2 Å². The number of halogens is 5. The van der Waals surface area contributed by atoms with Crippen LogP contribution >= 0.6 is 23.2 Å². The summed E-state index contributed by atoms with van der Waals surface area (Å²) in [7, 11) is 0. The zero-order valence-corrected chi connectivity index (χ0v) is 10.2. The average Bonchev–Trinajstić information content (AvgIpc) is 2.28. The minimum absolute atomic E-state index is 0.0800. The van der Waals surface area contributed by atoms with E-state index in [4.69, 9.17) is 23.2 Å². The van der Waals surface area contributed by atoms with Gasteiger partial charge in [-0.05, 0) is 11.6 Å². The third kappa shape index (κ3) is 4.58. The van der Waals surface area contributed by atoms with E-state index in [1.54, 1.807) is 6.07 Å². The summed E-state index contributed by atoms with van der Waals surface area (Å²) in [5.74, 6) is 0. The first-order chi connectivity index (χ1) is 7.95. The molecule has 0 spiro atoms. The van der Waals surface area contributed by atoms with Crippen molar-refractivity contribution in [3.63, 3.8) is 0 Å². The molecule has 0 fully saturated rings. The van der Waals surface area contributed by atoms with Crippen LogP contribution in [-0.2, 0) is 12.7 Å². The Morgan fingerprint density at radius 1 is 1.29 bits per heavy atom. The Labute approximate surface area is 107 Å². The number of benzene rings is 1. The average molecular weight is 284 g/mol. The Hall–Kier alpha value is -0.710. The zero-order valence-electron chi connectivity index (χ0n) is 8.69. The molecule has 1 aromatic rings. The molecule has 1 N–H and O–H groups in total. The van der Waals surface area contributed by atoms with E-state index in [0.29, 0.717) is 5.03 Å². The fraction of sp³-hybridized carbons (Fsp3) is 0.273. The Morgan fingerprint density at radius 2 is 1.94 bits per heavy atom. The highest BCUT2D eigenvalue weighted by atomic mass is 35.5. The molecule has 0 bridgehead atoms. The summed E-state index contributed by atoms with van der Waals surface area (Å²) in [6, 6.07) is 5.40. The summed E-state index contributed by atoms with van der Waals surface area (Å²) in [5.41, 5.74) is 0.710. The van der Waals surface area contributed by atoms with Gasteiger partial charge in [-0.1, -0.05) is 41.4 Å². The quantitative estimate of drug-likeness (QED) is 0.877. The monoisotopic (exact) mass is 283 g/mol. The topological polar surface area (TPSA) is 12.0 Å². The van der Waals surface area contributed by atoms with Gasteiger partial charge in [0.25, 0.3) is 0 Å². The van der Waals surface area contributed by atoms with Crippen molar-refractivity contribution in [2.75, 3.05) is 6.54 Å². The lowest BCUT2D eigenvalue weighted by molar-refractivity contribution is -0.138. The van der Waals surface area contributed by atoms with E-state index in [-0.39, 0.29) is 18.7 Å². The number of alkyl halides is 3. The summed E-state index contributed by atoms with van der Waals surface area (Å²) in [4.78, 5) is 0. The lowest BCUT2D eigenvalue weighted by Gasteiger charge is -2.12. The molecule has 0 atom stereocenters. The fourth-order valence-electron chi connectivity index (χ4n) is 1.31. The van der Waals surface area contributed by atoms with Crippen LogP contribution in [0.3, 0.4) is 0 Å². The van der Waals surface area contributed by atoms with Crippen molar-refractivity contribution < 1.29 is 13.2 Å². The second-order valence-corrected chi connectivity index (χ2v) is 4.02. The van der Waals surface area contributed by atoms with E-state index in [0.717, 1.165) is 6.07 Å². The first kappa shape index (κ1) is 14.4. The van der Waals surface area contributed by atoms with Gasteiger partial charge in [0.2, 0.25) is 0 Å². The largest absolute Gasteiger partial charge is 0.416 e. The Kier molecular flexibility index (Phi) is 5.31. The molecule has 0 heterocycles. The predicted octanol–water partition coefficient (Wildman–Crippen LogP) is 4.11. The SMILES string of the molecule is FC(F)(F)c1ccccc1CNCC(Cl)=CCl. The number of hydrogen-bond acceptors (Lipinski definition) is 1. The van der Waals surface area contributed by atoms with Crippen molar-refractivity contribution in [2.45, 2.75) is 12.7 Å². The van der Waals surface area contributed by atoms with Gasteiger partial charge in [0.1, 0.15) is 0 Å². The van der Waals surface area contributed by atoms with Crippen LogP contribution in [-0.4, -0.2) is 6.54 Å². The molecule has 0 aliphatic rings. The van der Waals surface area contributed by atoms with Crippen molar-refractivity contribution >= 4 is 23.2 Å². The summed E-state index contributed by atoms with van der Waals surface area (Å²) >= 11 is 10.9. The molecule has 1 aromatic carbocycles. The van der Waals surface area contributed by atoms with Gasteiger partial charge in [0.15, 0.2) is 0 Å². The maximum absolute atomic E-state index is 12.6. The van der Waals surface area contributed by atoms with Gasteiger partial charge < -0.3 is 5.32 Å². The van der Waals surface area contributed by atoms with Crippen LogP contribution in [0.25, 0.3) is 0 Å². The third-order valence-electron chi connectivity index (χ3n) is 2.05. The van der Waals surface area contributed by atoms with Crippen LogP contribution in [0.5, 0.6) is 0 Å². The minimum Gasteiger partial charge on any atom is -0.308 e. The van der Waals surface area contributed by atoms with Gasteiger partial charge in [-0.15, -0.1) is 0 Å². The smallest absolute Gasteiger partial charge is 0.308 e. The molecular formula is C11H10Cl2F3N. The van der Waals surface area contributed by atoms with Crippen LogP contribution < -0.4 is 5.32 Å². The highest BCUT2D eigenvalue weighted by Crippen LogP contribution is 2.31. The molecule has 0 aliphatic carbocycles. The lowest BCUT2D eigenvalue weighted by Crippen LogP contribution is -2.18. The summed E-state index contributed by atoms with van der Waals surface area (Å²) in [5, 5.41) is 3.12. The minimum atomic E-state index is -4.34. The van der Waals surface area contributed by atoms with E-state index in [1.165, 1.54) is 17.7 Å². The zero-order chi connectivity index (χ0) is 12.9. The van der Waals surface area contributed by atoms with Gasteiger partial charge in [0, 0.05) is 23.7 Å². The predicted molar refractivity (Wildman–Crippen MR) is 62.9 cm³/mol. The number of rotatable bonds is 4. The Bertz CT molecular complexity index is 402. The lowest BCUT2D eigenvalue weighted by atomic mass is 10.1. The van der Waals surface area contributed by atoms with Crippen molar-refractivity contribution in [1.29, 1.82) is 0 Å². The summed E-state index contributed by atoms with van der Waals surface area (Å²) < 4.78 is 37.8. The van der Waals surface area contributed by atoms with E-state index in [1.807, 2.05) is 0 Å². The van der Waals surface area contributed by atoms with Crippen molar-refractivity contribution in [2.24, 2.45) is 0 Å². The third-order valence-corrected chi connectivity index (χ3v) is 2.67. The molecule has 1 nitrogen and oxygen atoms in total. The van der Waals surface area contributed by atoms with Crippen LogP contribution in [0.15, 0.2) is 34.8 Å². The van der Waals surface area contributed by atoms with Crippen LogP contribution in [0.2, 0.25) is 0 Å². The second kappa shape index (κ2) is 6.28. The standard InChI is InChI=1S/C11H10Cl2F3N/c12-5-9(13)7-17-6-8-3-1-2-4-10(8)11(14,15)16/h1-5,17H,6-7H2. The van der Waals surface area contributed by atoms with E-state index in [2.05, 4.69) is 5.32 Å². The van der Waals surface area contributed by atoms with Crippen molar-refractivity contribution in [1.82, 2.24) is 5.32 Å². The molecule has 0 unspecified atom stereocenters. The maximum Gasteiger partial charge on any atom is 0.416 e. The summed E-state index contributed by atoms with van der Waals surface area (Å²) in [6.07, 6.45) is -4.34. The van der Waals surface area contributed by atoms with Crippen LogP contribution in [0, 0.1) is 0 Å². The maximum atomic E-state index is 12.6. The second-order valence-electron chi connectivity index (χ2n) is 3.31. The molecule has 94 valence electrons. The van der Waals surface area contributed by atoms with Gasteiger partial charge >= 0.3 is 6.18 Å². The molecule has 0 amide bonds. The highest BCUT2D eigenvalue weighted by Gasteiger charge is 2.32. The fourth-order valence-corrected chi connectivity index (χ4v) is 1.48. The molecule has 0 radical (unpaired) electrons. The van der Waals surface area contributed by atoms with Gasteiger partial charge in [-0.2, -0.15) is 13.2 Å². The molecule has 0 aliphatic heterocycles. The first-order valence-electron chi connectivity index (χ1n) is 4.75. The van der Waals surface area contributed by atoms with E-state index >= 15 is 0 Å². The van der Waals surface area contributed by atoms with Crippen molar-refractivity contribution in [3.05, 3.63) is 46.0 Å². The van der Waals surface area contributed by atoms with Gasteiger partial charge in [-0.3, -0.25) is 0 Å².